The van der Waals surface area contributed by atoms with Crippen LogP contribution < -0.4 is 10.4 Å². The summed E-state index contributed by atoms with van der Waals surface area (Å²) < 4.78 is 12.0. The van der Waals surface area contributed by atoms with Gasteiger partial charge >= 0.3 is 7.12 Å². The molecular weight excluding hydrogens is 253 g/mol. The average Bonchev–Trinajstić information content (AvgIpc) is 2.57. The summed E-state index contributed by atoms with van der Waals surface area (Å²) in [5.41, 5.74) is 1.65. The molecule has 4 nitrogen and oxygen atoms in total. The number of benzene rings is 1. The van der Waals surface area contributed by atoms with Crippen molar-refractivity contribution in [3.8, 4) is 0 Å². The third-order valence-electron chi connectivity index (χ3n) is 4.19. The Kier molecular flexibility index (Phi) is 3.69. The molecule has 0 radical (unpaired) electrons. The predicted molar refractivity (Wildman–Crippen MR) is 81.9 cm³/mol. The molecule has 1 aromatic rings. The topological polar surface area (TPSA) is 38.8 Å². The van der Waals surface area contributed by atoms with E-state index in [1.165, 1.54) is 0 Å². The van der Waals surface area contributed by atoms with Gasteiger partial charge in [0, 0.05) is 25.3 Å². The highest BCUT2D eigenvalue weighted by Gasteiger charge is 2.51. The maximum absolute atomic E-state index is 11.2. The van der Waals surface area contributed by atoms with Crippen molar-refractivity contribution in [2.24, 2.45) is 0 Å². The third kappa shape index (κ3) is 2.48. The molecule has 0 saturated carbocycles. The fourth-order valence-electron chi connectivity index (χ4n) is 2.20. The van der Waals surface area contributed by atoms with Crippen LogP contribution in [0.15, 0.2) is 18.2 Å². The second kappa shape index (κ2) is 4.90. The van der Waals surface area contributed by atoms with Crippen LogP contribution in [0, 0.1) is 0 Å². The summed E-state index contributed by atoms with van der Waals surface area (Å²) in [5, 5.41) is 0. The molecule has 1 saturated heterocycles. The normalized spacial score (nSPS) is 20.0. The lowest BCUT2D eigenvalue weighted by molar-refractivity contribution is 0.00578. The Labute approximate surface area is 121 Å². The second-order valence-corrected chi connectivity index (χ2v) is 6.42. The third-order valence-corrected chi connectivity index (χ3v) is 4.19. The van der Waals surface area contributed by atoms with Gasteiger partial charge in [-0.05, 0) is 45.3 Å². The number of rotatable bonds is 3. The lowest BCUT2D eigenvalue weighted by Crippen LogP contribution is -2.41. The SMILES string of the molecule is CN(C)c1ccc(B2OC(C)(C)C(C)(C)O2)cc1C=O. The molecule has 0 aliphatic carbocycles. The first-order chi connectivity index (χ1) is 9.18. The summed E-state index contributed by atoms with van der Waals surface area (Å²) in [6, 6.07) is 5.71. The molecule has 1 heterocycles. The first-order valence-electron chi connectivity index (χ1n) is 6.80. The average molecular weight is 275 g/mol. The van der Waals surface area contributed by atoms with Gasteiger partial charge in [0.15, 0.2) is 6.29 Å². The van der Waals surface area contributed by atoms with E-state index in [4.69, 9.17) is 9.31 Å². The standard InChI is InChI=1S/C15H22BNO3/c1-14(2)15(3,4)20-16(19-14)12-7-8-13(17(5)6)11(9-12)10-18/h7-10H,1-6H3. The lowest BCUT2D eigenvalue weighted by atomic mass is 9.78. The molecule has 0 N–H and O–H groups in total. The summed E-state index contributed by atoms with van der Waals surface area (Å²) in [4.78, 5) is 13.2. The molecule has 5 heteroatoms. The number of carbonyl (C=O) groups is 1. The van der Waals surface area contributed by atoms with Crippen LogP contribution in [0.5, 0.6) is 0 Å². The van der Waals surface area contributed by atoms with Crippen LogP contribution in [-0.4, -0.2) is 38.7 Å². The van der Waals surface area contributed by atoms with Crippen molar-refractivity contribution in [3.05, 3.63) is 23.8 Å². The fourth-order valence-corrected chi connectivity index (χ4v) is 2.20. The van der Waals surface area contributed by atoms with E-state index >= 15 is 0 Å². The smallest absolute Gasteiger partial charge is 0.399 e. The molecule has 0 bridgehead atoms. The van der Waals surface area contributed by atoms with E-state index in [1.807, 2.05) is 64.9 Å². The summed E-state index contributed by atoms with van der Waals surface area (Å²) in [6.07, 6.45) is 0.865. The molecule has 108 valence electrons. The summed E-state index contributed by atoms with van der Waals surface area (Å²) in [6.45, 7) is 8.06. The van der Waals surface area contributed by atoms with Crippen molar-refractivity contribution < 1.29 is 14.1 Å². The Morgan fingerprint density at radius 2 is 1.65 bits per heavy atom. The summed E-state index contributed by atoms with van der Waals surface area (Å²) in [5.74, 6) is 0. The number of nitrogens with zero attached hydrogens (tertiary/aromatic N) is 1. The van der Waals surface area contributed by atoms with E-state index in [1.54, 1.807) is 0 Å². The van der Waals surface area contributed by atoms with Crippen molar-refractivity contribution in [2.45, 2.75) is 38.9 Å². The van der Waals surface area contributed by atoms with Gasteiger partial charge in [-0.25, -0.2) is 0 Å². The second-order valence-electron chi connectivity index (χ2n) is 6.42. The van der Waals surface area contributed by atoms with Gasteiger partial charge in [0.2, 0.25) is 0 Å². The largest absolute Gasteiger partial charge is 0.494 e. The Bertz CT molecular complexity index is 510. The predicted octanol–water partition coefficient (Wildman–Crippen LogP) is 1.86. The van der Waals surface area contributed by atoms with Crippen LogP contribution in [0.25, 0.3) is 0 Å². The zero-order valence-electron chi connectivity index (χ0n) is 13.1. The summed E-state index contributed by atoms with van der Waals surface area (Å²) >= 11 is 0. The van der Waals surface area contributed by atoms with E-state index in [-0.39, 0.29) is 11.2 Å². The van der Waals surface area contributed by atoms with Crippen molar-refractivity contribution in [1.82, 2.24) is 0 Å². The Hall–Kier alpha value is -1.33. The van der Waals surface area contributed by atoms with E-state index in [0.29, 0.717) is 5.56 Å². The minimum absolute atomic E-state index is 0.376. The fraction of sp³-hybridized carbons (Fsp3) is 0.533. The molecule has 0 amide bonds. The molecule has 0 aromatic heterocycles. The van der Waals surface area contributed by atoms with E-state index < -0.39 is 7.12 Å². The van der Waals surface area contributed by atoms with Crippen molar-refractivity contribution in [1.29, 1.82) is 0 Å². The zero-order valence-corrected chi connectivity index (χ0v) is 13.1. The minimum atomic E-state index is -0.435. The number of anilines is 1. The van der Waals surface area contributed by atoms with Gasteiger partial charge in [-0.3, -0.25) is 4.79 Å². The van der Waals surface area contributed by atoms with Crippen LogP contribution in [0.1, 0.15) is 38.1 Å². The van der Waals surface area contributed by atoms with Gasteiger partial charge in [0.25, 0.3) is 0 Å². The molecule has 2 rings (SSSR count). The lowest BCUT2D eigenvalue weighted by Gasteiger charge is -2.32. The van der Waals surface area contributed by atoms with Crippen LogP contribution in [0.2, 0.25) is 0 Å². The first kappa shape index (κ1) is 15.1. The van der Waals surface area contributed by atoms with Crippen molar-refractivity contribution in [3.63, 3.8) is 0 Å². The Morgan fingerprint density at radius 3 is 2.10 bits per heavy atom. The monoisotopic (exact) mass is 275 g/mol. The molecule has 0 atom stereocenters. The van der Waals surface area contributed by atoms with Gasteiger partial charge in [-0.2, -0.15) is 0 Å². The molecule has 0 spiro atoms. The highest BCUT2D eigenvalue weighted by Crippen LogP contribution is 2.36. The Balaban J connectivity index is 2.34. The van der Waals surface area contributed by atoms with Crippen LogP contribution in [0.3, 0.4) is 0 Å². The molecule has 1 aliphatic rings. The van der Waals surface area contributed by atoms with Crippen LogP contribution >= 0.6 is 0 Å². The number of hydrogen-bond acceptors (Lipinski definition) is 4. The van der Waals surface area contributed by atoms with Crippen LogP contribution in [-0.2, 0) is 9.31 Å². The van der Waals surface area contributed by atoms with E-state index in [2.05, 4.69) is 0 Å². The molecule has 1 fully saturated rings. The van der Waals surface area contributed by atoms with Gasteiger partial charge in [0.05, 0.1) is 11.2 Å². The van der Waals surface area contributed by atoms with E-state index in [0.717, 1.165) is 17.4 Å². The number of carbonyl (C=O) groups excluding carboxylic acids is 1. The number of hydrogen-bond donors (Lipinski definition) is 0. The molecular formula is C15H22BNO3. The van der Waals surface area contributed by atoms with E-state index in [9.17, 15) is 4.79 Å². The first-order valence-corrected chi connectivity index (χ1v) is 6.80. The molecule has 20 heavy (non-hydrogen) atoms. The molecule has 1 aliphatic heterocycles. The molecule has 0 unspecified atom stereocenters. The van der Waals surface area contributed by atoms with Gasteiger partial charge in [-0.1, -0.05) is 6.07 Å². The highest BCUT2D eigenvalue weighted by molar-refractivity contribution is 6.62. The number of aldehydes is 1. The quantitative estimate of drug-likeness (QED) is 0.623. The maximum Gasteiger partial charge on any atom is 0.494 e. The van der Waals surface area contributed by atoms with Crippen molar-refractivity contribution >= 4 is 24.6 Å². The minimum Gasteiger partial charge on any atom is -0.399 e. The Morgan fingerprint density at radius 1 is 1.10 bits per heavy atom. The van der Waals surface area contributed by atoms with Gasteiger partial charge in [-0.15, -0.1) is 0 Å². The maximum atomic E-state index is 11.2. The van der Waals surface area contributed by atoms with Crippen LogP contribution in [0.4, 0.5) is 5.69 Å². The zero-order chi connectivity index (χ0) is 15.1. The summed E-state index contributed by atoms with van der Waals surface area (Å²) in [7, 11) is 3.39. The van der Waals surface area contributed by atoms with Gasteiger partial charge in [0.1, 0.15) is 0 Å². The van der Waals surface area contributed by atoms with Gasteiger partial charge < -0.3 is 14.2 Å². The molecule has 1 aromatic carbocycles. The van der Waals surface area contributed by atoms with Crippen molar-refractivity contribution in [2.75, 3.05) is 19.0 Å². The highest BCUT2D eigenvalue weighted by atomic mass is 16.7.